The van der Waals surface area contributed by atoms with E-state index in [-0.39, 0.29) is 30.3 Å². The fourth-order valence-electron chi connectivity index (χ4n) is 1.67. The van der Waals surface area contributed by atoms with Crippen molar-refractivity contribution in [1.82, 2.24) is 10.5 Å². The van der Waals surface area contributed by atoms with Gasteiger partial charge in [-0.05, 0) is 36.7 Å². The van der Waals surface area contributed by atoms with Crippen molar-refractivity contribution >= 4 is 5.91 Å². The summed E-state index contributed by atoms with van der Waals surface area (Å²) in [6.07, 6.45) is 0. The van der Waals surface area contributed by atoms with Crippen LogP contribution in [0.15, 0.2) is 34.9 Å². The van der Waals surface area contributed by atoms with Crippen LogP contribution in [0.2, 0.25) is 0 Å². The van der Waals surface area contributed by atoms with Crippen LogP contribution in [0.3, 0.4) is 0 Å². The molecule has 1 heterocycles. The molecule has 1 N–H and O–H groups in total. The minimum atomic E-state index is -0.308. The van der Waals surface area contributed by atoms with Gasteiger partial charge in [0.1, 0.15) is 11.6 Å². The second-order valence-electron chi connectivity index (χ2n) is 4.41. The fourth-order valence-corrected chi connectivity index (χ4v) is 1.67. The van der Waals surface area contributed by atoms with Crippen molar-refractivity contribution in [2.24, 2.45) is 0 Å². The van der Waals surface area contributed by atoms with Gasteiger partial charge in [0, 0.05) is 6.07 Å². The molecule has 106 valence electrons. The topological polar surface area (TPSA) is 64.4 Å². The zero-order valence-electron chi connectivity index (χ0n) is 11.2. The predicted octanol–water partition coefficient (Wildman–Crippen LogP) is 2.38. The second-order valence-corrected chi connectivity index (χ2v) is 4.41. The van der Waals surface area contributed by atoms with Crippen LogP contribution in [-0.2, 0) is 4.79 Å². The van der Waals surface area contributed by atoms with Crippen LogP contribution in [0.1, 0.15) is 24.3 Å². The molecule has 20 heavy (non-hydrogen) atoms. The summed E-state index contributed by atoms with van der Waals surface area (Å²) in [7, 11) is 0. The number of carbonyl (C=O) groups excluding carboxylic acids is 1. The number of halogens is 1. The number of carbonyl (C=O) groups is 1. The van der Waals surface area contributed by atoms with Crippen LogP contribution in [0.5, 0.6) is 5.88 Å². The monoisotopic (exact) mass is 278 g/mol. The molecule has 1 unspecified atom stereocenters. The molecule has 1 amide bonds. The number of nitrogens with zero attached hydrogens (tertiary/aromatic N) is 1. The molecule has 0 aliphatic rings. The van der Waals surface area contributed by atoms with Gasteiger partial charge in [-0.3, -0.25) is 4.79 Å². The Kier molecular flexibility index (Phi) is 4.34. The standard InChI is InChI=1S/C14H15FN2O3/c1-9-7-14(17-20-9)19-8-13(18)16-10(2)11-3-5-12(15)6-4-11/h3-7,10H,8H2,1-2H3,(H,16,18). The van der Waals surface area contributed by atoms with Gasteiger partial charge in [-0.2, -0.15) is 0 Å². The molecule has 2 aromatic rings. The van der Waals surface area contributed by atoms with Crippen LogP contribution in [0.4, 0.5) is 4.39 Å². The van der Waals surface area contributed by atoms with Crippen molar-refractivity contribution in [3.8, 4) is 5.88 Å². The highest BCUT2D eigenvalue weighted by Gasteiger charge is 2.11. The molecule has 0 spiro atoms. The first-order valence-electron chi connectivity index (χ1n) is 6.15. The predicted molar refractivity (Wildman–Crippen MR) is 69.7 cm³/mol. The van der Waals surface area contributed by atoms with Crippen molar-refractivity contribution in [3.05, 3.63) is 47.5 Å². The lowest BCUT2D eigenvalue weighted by atomic mass is 10.1. The third-order valence-electron chi connectivity index (χ3n) is 2.70. The minimum absolute atomic E-state index is 0.155. The van der Waals surface area contributed by atoms with Crippen LogP contribution in [0.25, 0.3) is 0 Å². The van der Waals surface area contributed by atoms with Gasteiger partial charge in [0.05, 0.1) is 6.04 Å². The summed E-state index contributed by atoms with van der Waals surface area (Å²) >= 11 is 0. The maximum Gasteiger partial charge on any atom is 0.258 e. The van der Waals surface area contributed by atoms with Crippen LogP contribution >= 0.6 is 0 Å². The molecule has 0 radical (unpaired) electrons. The Morgan fingerprint density at radius 1 is 1.45 bits per heavy atom. The quantitative estimate of drug-likeness (QED) is 0.912. The molecular weight excluding hydrogens is 263 g/mol. The molecule has 2 rings (SSSR count). The van der Waals surface area contributed by atoms with E-state index in [0.717, 1.165) is 5.56 Å². The smallest absolute Gasteiger partial charge is 0.258 e. The number of aryl methyl sites for hydroxylation is 1. The first-order valence-corrected chi connectivity index (χ1v) is 6.15. The molecule has 5 nitrogen and oxygen atoms in total. The van der Waals surface area contributed by atoms with Crippen LogP contribution in [0, 0.1) is 12.7 Å². The van der Waals surface area contributed by atoms with Gasteiger partial charge in [-0.1, -0.05) is 12.1 Å². The lowest BCUT2D eigenvalue weighted by Gasteiger charge is -2.14. The highest BCUT2D eigenvalue weighted by molar-refractivity contribution is 5.77. The molecule has 0 saturated carbocycles. The lowest BCUT2D eigenvalue weighted by molar-refractivity contribution is -0.123. The Morgan fingerprint density at radius 2 is 2.15 bits per heavy atom. The summed E-state index contributed by atoms with van der Waals surface area (Å²) in [5.74, 6) is 0.284. The number of ether oxygens (including phenoxy) is 1. The third-order valence-corrected chi connectivity index (χ3v) is 2.70. The van der Waals surface area contributed by atoms with Gasteiger partial charge < -0.3 is 14.6 Å². The first kappa shape index (κ1) is 14.0. The number of amides is 1. The Balaban J connectivity index is 1.83. The zero-order valence-corrected chi connectivity index (χ0v) is 11.2. The summed E-state index contributed by atoms with van der Waals surface area (Å²) in [5, 5.41) is 6.36. The van der Waals surface area contributed by atoms with Crippen molar-refractivity contribution in [1.29, 1.82) is 0 Å². The van der Waals surface area contributed by atoms with E-state index < -0.39 is 0 Å². The fraction of sp³-hybridized carbons (Fsp3) is 0.286. The molecule has 0 aliphatic heterocycles. The summed E-state index contributed by atoms with van der Waals surface area (Å²) in [4.78, 5) is 11.7. The average Bonchev–Trinajstić information content (AvgIpc) is 2.83. The number of hydrogen-bond acceptors (Lipinski definition) is 4. The highest BCUT2D eigenvalue weighted by atomic mass is 19.1. The Hall–Kier alpha value is -2.37. The molecule has 0 bridgehead atoms. The van der Waals surface area contributed by atoms with Crippen molar-refractivity contribution < 1.29 is 18.4 Å². The maximum absolute atomic E-state index is 12.8. The molecule has 1 aromatic heterocycles. The normalized spacial score (nSPS) is 11.9. The van der Waals surface area contributed by atoms with Gasteiger partial charge >= 0.3 is 0 Å². The highest BCUT2D eigenvalue weighted by Crippen LogP contribution is 2.13. The van der Waals surface area contributed by atoms with Crippen LogP contribution in [-0.4, -0.2) is 17.7 Å². The first-order chi connectivity index (χ1) is 9.54. The zero-order chi connectivity index (χ0) is 14.5. The number of nitrogens with one attached hydrogen (secondary N) is 1. The summed E-state index contributed by atoms with van der Waals surface area (Å²) in [6.45, 7) is 3.39. The Bertz CT molecular complexity index is 580. The van der Waals surface area contributed by atoms with Gasteiger partial charge in [-0.25, -0.2) is 4.39 Å². The van der Waals surface area contributed by atoms with E-state index in [0.29, 0.717) is 5.76 Å². The Morgan fingerprint density at radius 3 is 2.75 bits per heavy atom. The summed E-state index contributed by atoms with van der Waals surface area (Å²) < 4.78 is 22.8. The van der Waals surface area contributed by atoms with E-state index in [9.17, 15) is 9.18 Å². The molecule has 6 heteroatoms. The SMILES string of the molecule is Cc1cc(OCC(=O)NC(C)c2ccc(F)cc2)no1. The van der Waals surface area contributed by atoms with Crippen molar-refractivity contribution in [3.63, 3.8) is 0 Å². The van der Waals surface area contributed by atoms with Crippen molar-refractivity contribution in [2.45, 2.75) is 19.9 Å². The Labute approximate surface area is 115 Å². The van der Waals surface area contributed by atoms with E-state index >= 15 is 0 Å². The average molecular weight is 278 g/mol. The molecule has 0 fully saturated rings. The van der Waals surface area contributed by atoms with Crippen molar-refractivity contribution in [2.75, 3.05) is 6.61 Å². The number of aromatic nitrogens is 1. The largest absolute Gasteiger partial charge is 0.465 e. The lowest BCUT2D eigenvalue weighted by Crippen LogP contribution is -2.31. The molecule has 0 saturated heterocycles. The summed E-state index contributed by atoms with van der Waals surface area (Å²) in [5.41, 5.74) is 0.817. The summed E-state index contributed by atoms with van der Waals surface area (Å²) in [6, 6.07) is 7.33. The maximum atomic E-state index is 12.8. The van der Waals surface area contributed by atoms with E-state index in [4.69, 9.17) is 9.26 Å². The van der Waals surface area contributed by atoms with Gasteiger partial charge in [0.15, 0.2) is 6.61 Å². The number of rotatable bonds is 5. The minimum Gasteiger partial charge on any atom is -0.465 e. The van der Waals surface area contributed by atoms with E-state index in [2.05, 4.69) is 10.5 Å². The number of benzene rings is 1. The molecular formula is C14H15FN2O3. The number of hydrogen-bond donors (Lipinski definition) is 1. The van der Waals surface area contributed by atoms with Gasteiger partial charge in [-0.15, -0.1) is 0 Å². The van der Waals surface area contributed by atoms with E-state index in [1.54, 1.807) is 25.1 Å². The van der Waals surface area contributed by atoms with Crippen LogP contribution < -0.4 is 10.1 Å². The molecule has 0 aliphatic carbocycles. The molecule has 1 atom stereocenters. The van der Waals surface area contributed by atoms with Gasteiger partial charge in [0.25, 0.3) is 11.8 Å². The second kappa shape index (κ2) is 6.18. The van der Waals surface area contributed by atoms with E-state index in [1.165, 1.54) is 12.1 Å². The molecule has 1 aromatic carbocycles. The third kappa shape index (κ3) is 3.81. The van der Waals surface area contributed by atoms with Gasteiger partial charge in [0.2, 0.25) is 0 Å². The van der Waals surface area contributed by atoms with E-state index in [1.807, 2.05) is 6.92 Å².